The summed E-state index contributed by atoms with van der Waals surface area (Å²) in [4.78, 5) is 0. The van der Waals surface area contributed by atoms with E-state index in [1.807, 2.05) is 24.3 Å². The van der Waals surface area contributed by atoms with Crippen LogP contribution in [0.1, 0.15) is 5.56 Å². The van der Waals surface area contributed by atoms with Crippen molar-refractivity contribution >= 4 is 0 Å². The Morgan fingerprint density at radius 2 is 1.92 bits per heavy atom. The van der Waals surface area contributed by atoms with Gasteiger partial charge < -0.3 is 9.94 Å². The number of rotatable bonds is 4. The summed E-state index contributed by atoms with van der Waals surface area (Å²) in [6.07, 6.45) is 0.844. The molecule has 0 fully saturated rings. The molecule has 0 saturated carbocycles. The minimum Gasteiger partial charge on any atom is -0.497 e. The number of ether oxygens (including phenoxy) is 1. The predicted octanol–water partition coefficient (Wildman–Crippen LogP) is 1.56. The molecule has 0 atom stereocenters. The molecular formula is C10H15NO2. The van der Waals surface area contributed by atoms with Crippen LogP contribution in [0.4, 0.5) is 0 Å². The lowest BCUT2D eigenvalue weighted by Gasteiger charge is -2.07. The number of hydroxylamine groups is 2. The molecule has 3 heteroatoms. The summed E-state index contributed by atoms with van der Waals surface area (Å²) in [5.74, 6) is 0.862. The number of benzene rings is 1. The quantitative estimate of drug-likeness (QED) is 0.715. The molecule has 1 N–H and O–H groups in total. The Morgan fingerprint density at radius 3 is 2.38 bits per heavy atom. The summed E-state index contributed by atoms with van der Waals surface area (Å²) >= 11 is 0. The van der Waals surface area contributed by atoms with Crippen LogP contribution < -0.4 is 4.74 Å². The fraction of sp³-hybridized carbons (Fsp3) is 0.400. The van der Waals surface area contributed by atoms with Gasteiger partial charge in [0.25, 0.3) is 0 Å². The van der Waals surface area contributed by atoms with E-state index in [2.05, 4.69) is 0 Å². The number of likely N-dealkylation sites (N-methyl/N-ethyl adjacent to an activating group) is 1. The highest BCUT2D eigenvalue weighted by Crippen LogP contribution is 2.11. The second-order valence-electron chi connectivity index (χ2n) is 2.98. The van der Waals surface area contributed by atoms with E-state index in [-0.39, 0.29) is 0 Å². The van der Waals surface area contributed by atoms with Crippen LogP contribution in [0.2, 0.25) is 0 Å². The topological polar surface area (TPSA) is 32.7 Å². The van der Waals surface area contributed by atoms with Crippen LogP contribution in [0, 0.1) is 0 Å². The van der Waals surface area contributed by atoms with Gasteiger partial charge in [0.15, 0.2) is 0 Å². The molecule has 0 bridgehead atoms. The summed E-state index contributed by atoms with van der Waals surface area (Å²) in [7, 11) is 3.29. The Hall–Kier alpha value is -1.06. The molecule has 0 aliphatic carbocycles. The first-order valence-corrected chi connectivity index (χ1v) is 4.25. The van der Waals surface area contributed by atoms with Crippen LogP contribution in [0.15, 0.2) is 24.3 Å². The predicted molar refractivity (Wildman–Crippen MR) is 51.1 cm³/mol. The third-order valence-electron chi connectivity index (χ3n) is 1.88. The van der Waals surface area contributed by atoms with Gasteiger partial charge >= 0.3 is 0 Å². The van der Waals surface area contributed by atoms with Crippen molar-refractivity contribution < 1.29 is 9.94 Å². The van der Waals surface area contributed by atoms with Crippen molar-refractivity contribution in [3.05, 3.63) is 29.8 Å². The second kappa shape index (κ2) is 4.84. The van der Waals surface area contributed by atoms with E-state index >= 15 is 0 Å². The Kier molecular flexibility index (Phi) is 3.73. The molecule has 0 saturated heterocycles. The smallest absolute Gasteiger partial charge is 0.118 e. The Balaban J connectivity index is 2.49. The van der Waals surface area contributed by atoms with Crippen LogP contribution in [0.3, 0.4) is 0 Å². The maximum atomic E-state index is 8.92. The summed E-state index contributed by atoms with van der Waals surface area (Å²) in [6, 6.07) is 7.85. The lowest BCUT2D eigenvalue weighted by atomic mass is 10.1. The highest BCUT2D eigenvalue weighted by Gasteiger charge is 1.96. The van der Waals surface area contributed by atoms with Gasteiger partial charge in [-0.05, 0) is 24.1 Å². The van der Waals surface area contributed by atoms with Crippen LogP contribution >= 0.6 is 0 Å². The van der Waals surface area contributed by atoms with Crippen molar-refractivity contribution in [2.75, 3.05) is 20.7 Å². The van der Waals surface area contributed by atoms with Crippen molar-refractivity contribution in [2.24, 2.45) is 0 Å². The number of nitrogens with zero attached hydrogens (tertiary/aromatic N) is 1. The SMILES string of the molecule is COc1ccc(CCN(C)O)cc1. The molecule has 0 aromatic heterocycles. The monoisotopic (exact) mass is 181 g/mol. The van der Waals surface area contributed by atoms with Gasteiger partial charge in [0, 0.05) is 13.6 Å². The third kappa shape index (κ3) is 3.44. The van der Waals surface area contributed by atoms with E-state index in [9.17, 15) is 0 Å². The van der Waals surface area contributed by atoms with E-state index in [0.29, 0.717) is 6.54 Å². The van der Waals surface area contributed by atoms with E-state index in [0.717, 1.165) is 12.2 Å². The number of methoxy groups -OCH3 is 1. The second-order valence-corrected chi connectivity index (χ2v) is 2.98. The Labute approximate surface area is 78.5 Å². The zero-order valence-corrected chi connectivity index (χ0v) is 8.03. The minimum absolute atomic E-state index is 0.645. The van der Waals surface area contributed by atoms with Gasteiger partial charge in [-0.1, -0.05) is 12.1 Å². The molecule has 1 aromatic carbocycles. The van der Waals surface area contributed by atoms with E-state index in [4.69, 9.17) is 9.94 Å². The average Bonchev–Trinajstić information content (AvgIpc) is 2.15. The van der Waals surface area contributed by atoms with Gasteiger partial charge in [0.2, 0.25) is 0 Å². The van der Waals surface area contributed by atoms with Crippen LogP contribution in [-0.2, 0) is 6.42 Å². The van der Waals surface area contributed by atoms with E-state index in [1.54, 1.807) is 14.2 Å². The summed E-state index contributed by atoms with van der Waals surface area (Å²) in [6.45, 7) is 0.645. The lowest BCUT2D eigenvalue weighted by Crippen LogP contribution is -2.15. The van der Waals surface area contributed by atoms with Crippen LogP contribution in [-0.4, -0.2) is 31.0 Å². The maximum absolute atomic E-state index is 8.92. The molecule has 0 amide bonds. The molecule has 0 radical (unpaired) electrons. The molecule has 0 aliphatic heterocycles. The van der Waals surface area contributed by atoms with Crippen molar-refractivity contribution in [1.82, 2.24) is 5.06 Å². The van der Waals surface area contributed by atoms with Crippen molar-refractivity contribution in [1.29, 1.82) is 0 Å². The van der Waals surface area contributed by atoms with Gasteiger partial charge in [-0.25, -0.2) is 0 Å². The Bertz CT molecular complexity index is 244. The minimum atomic E-state index is 0.645. The normalized spacial score (nSPS) is 10.5. The summed E-state index contributed by atoms with van der Waals surface area (Å²) in [5, 5.41) is 10.1. The largest absolute Gasteiger partial charge is 0.497 e. The molecule has 0 unspecified atom stereocenters. The maximum Gasteiger partial charge on any atom is 0.118 e. The van der Waals surface area contributed by atoms with Crippen LogP contribution in [0.5, 0.6) is 5.75 Å². The lowest BCUT2D eigenvalue weighted by molar-refractivity contribution is -0.0634. The highest BCUT2D eigenvalue weighted by molar-refractivity contribution is 5.27. The van der Waals surface area contributed by atoms with Crippen molar-refractivity contribution in [2.45, 2.75) is 6.42 Å². The molecule has 0 spiro atoms. The average molecular weight is 181 g/mol. The summed E-state index contributed by atoms with van der Waals surface area (Å²) in [5.41, 5.74) is 1.20. The summed E-state index contributed by atoms with van der Waals surface area (Å²) < 4.78 is 5.03. The molecule has 0 aliphatic rings. The number of hydrogen-bond donors (Lipinski definition) is 1. The third-order valence-corrected chi connectivity index (χ3v) is 1.88. The van der Waals surface area contributed by atoms with Gasteiger partial charge in [-0.2, -0.15) is 5.06 Å². The molecule has 3 nitrogen and oxygen atoms in total. The highest BCUT2D eigenvalue weighted by atomic mass is 16.5. The first-order chi connectivity index (χ1) is 6.22. The molecule has 1 aromatic rings. The molecule has 72 valence electrons. The van der Waals surface area contributed by atoms with Gasteiger partial charge in [-0.3, -0.25) is 0 Å². The molecule has 13 heavy (non-hydrogen) atoms. The fourth-order valence-electron chi connectivity index (χ4n) is 1.08. The van der Waals surface area contributed by atoms with Crippen molar-refractivity contribution in [3.63, 3.8) is 0 Å². The first kappa shape index (κ1) is 10.0. The molecular weight excluding hydrogens is 166 g/mol. The van der Waals surface area contributed by atoms with Gasteiger partial charge in [0.1, 0.15) is 5.75 Å². The number of hydrogen-bond acceptors (Lipinski definition) is 3. The zero-order valence-electron chi connectivity index (χ0n) is 8.03. The van der Waals surface area contributed by atoms with Crippen LogP contribution in [0.25, 0.3) is 0 Å². The first-order valence-electron chi connectivity index (χ1n) is 4.25. The fourth-order valence-corrected chi connectivity index (χ4v) is 1.08. The van der Waals surface area contributed by atoms with E-state index in [1.165, 1.54) is 10.6 Å². The molecule has 0 heterocycles. The van der Waals surface area contributed by atoms with Gasteiger partial charge in [-0.15, -0.1) is 0 Å². The van der Waals surface area contributed by atoms with Crippen molar-refractivity contribution in [3.8, 4) is 5.75 Å². The van der Waals surface area contributed by atoms with E-state index < -0.39 is 0 Å². The zero-order chi connectivity index (χ0) is 9.68. The standard InChI is InChI=1S/C10H15NO2/c1-11(12)8-7-9-3-5-10(13-2)6-4-9/h3-6,12H,7-8H2,1-2H3. The Morgan fingerprint density at radius 1 is 1.31 bits per heavy atom. The molecule has 1 rings (SSSR count). The van der Waals surface area contributed by atoms with Gasteiger partial charge in [0.05, 0.1) is 7.11 Å².